The number of para-hydroxylation sites is 1. The molecule has 6 nitrogen and oxygen atoms in total. The Labute approximate surface area is 172 Å². The highest BCUT2D eigenvalue weighted by atomic mass is 32.1. The van der Waals surface area contributed by atoms with Crippen LogP contribution in [0.2, 0.25) is 0 Å². The second-order valence-electron chi connectivity index (χ2n) is 6.48. The van der Waals surface area contributed by atoms with Crippen LogP contribution in [0.3, 0.4) is 0 Å². The van der Waals surface area contributed by atoms with Crippen LogP contribution in [0.25, 0.3) is 0 Å². The van der Waals surface area contributed by atoms with E-state index in [0.29, 0.717) is 6.54 Å². The lowest BCUT2D eigenvalue weighted by atomic mass is 10.2. The van der Waals surface area contributed by atoms with Gasteiger partial charge < -0.3 is 29.3 Å². The molecule has 0 unspecified atom stereocenters. The van der Waals surface area contributed by atoms with Crippen molar-refractivity contribution < 1.29 is 14.2 Å². The Hall–Kier alpha value is -2.67. The lowest BCUT2D eigenvalue weighted by Gasteiger charge is -2.38. The molecule has 1 fully saturated rings. The highest BCUT2D eigenvalue weighted by Gasteiger charge is 2.21. The molecule has 0 aromatic heterocycles. The van der Waals surface area contributed by atoms with Crippen molar-refractivity contribution in [1.29, 1.82) is 0 Å². The van der Waals surface area contributed by atoms with Crippen molar-refractivity contribution in [3.8, 4) is 17.2 Å². The number of rotatable bonds is 6. The molecule has 2 aromatic rings. The summed E-state index contributed by atoms with van der Waals surface area (Å²) in [6, 6.07) is 13.9. The zero-order valence-corrected chi connectivity index (χ0v) is 17.4. The summed E-state index contributed by atoms with van der Waals surface area (Å²) < 4.78 is 16.2. The van der Waals surface area contributed by atoms with Gasteiger partial charge in [-0.2, -0.15) is 0 Å². The number of nitrogens with zero attached hydrogens (tertiary/aromatic N) is 2. The van der Waals surface area contributed by atoms with Gasteiger partial charge in [0.05, 0.1) is 27.0 Å². The van der Waals surface area contributed by atoms with Crippen LogP contribution in [-0.4, -0.2) is 57.5 Å². The van der Waals surface area contributed by atoms with Gasteiger partial charge in [-0.3, -0.25) is 0 Å². The largest absolute Gasteiger partial charge is 0.497 e. The topological polar surface area (TPSA) is 46.2 Å². The molecule has 1 heterocycles. The summed E-state index contributed by atoms with van der Waals surface area (Å²) in [6.45, 7) is 4.10. The van der Waals surface area contributed by atoms with Gasteiger partial charge in [0, 0.05) is 44.4 Å². The number of methoxy groups -OCH3 is 3. The molecule has 0 amide bonds. The maximum Gasteiger partial charge on any atom is 0.169 e. The highest BCUT2D eigenvalue weighted by Crippen LogP contribution is 2.32. The standard InChI is InChI=1S/C21H27N3O3S/c1-25-17-8-9-18(20(14-17)27-3)23-10-12-24(13-11-23)21(28)22-15-16-6-4-5-7-19(16)26-2/h4-9,14H,10-13,15H2,1-3H3,(H,22,28). The molecule has 0 bridgehead atoms. The minimum Gasteiger partial charge on any atom is -0.497 e. The van der Waals surface area contributed by atoms with Gasteiger partial charge in [-0.1, -0.05) is 18.2 Å². The number of benzene rings is 2. The lowest BCUT2D eigenvalue weighted by Crippen LogP contribution is -2.51. The number of thiocarbonyl (C=S) groups is 1. The zero-order chi connectivity index (χ0) is 19.9. The van der Waals surface area contributed by atoms with Gasteiger partial charge in [0.2, 0.25) is 0 Å². The van der Waals surface area contributed by atoms with E-state index in [1.165, 1.54) is 0 Å². The third-order valence-electron chi connectivity index (χ3n) is 4.92. The van der Waals surface area contributed by atoms with Crippen molar-refractivity contribution in [3.63, 3.8) is 0 Å². The van der Waals surface area contributed by atoms with E-state index >= 15 is 0 Å². The SMILES string of the molecule is COc1ccc(N2CCN(C(=S)NCc3ccccc3OC)CC2)c(OC)c1. The van der Waals surface area contributed by atoms with Crippen LogP contribution in [0.5, 0.6) is 17.2 Å². The molecule has 3 rings (SSSR count). The van der Waals surface area contributed by atoms with Crippen LogP contribution in [0.15, 0.2) is 42.5 Å². The molecule has 0 spiro atoms. The smallest absolute Gasteiger partial charge is 0.169 e. The molecule has 1 aliphatic rings. The minimum absolute atomic E-state index is 0.648. The van der Waals surface area contributed by atoms with Crippen LogP contribution in [0, 0.1) is 0 Å². The molecule has 1 aliphatic heterocycles. The third kappa shape index (κ3) is 4.59. The summed E-state index contributed by atoms with van der Waals surface area (Å²) in [5, 5.41) is 4.12. The van der Waals surface area contributed by atoms with Gasteiger partial charge in [0.25, 0.3) is 0 Å². The molecule has 2 aromatic carbocycles. The van der Waals surface area contributed by atoms with E-state index in [1.807, 2.05) is 42.5 Å². The molecule has 7 heteroatoms. The monoisotopic (exact) mass is 401 g/mol. The first kappa shape index (κ1) is 20.1. The van der Waals surface area contributed by atoms with Gasteiger partial charge in [0.15, 0.2) is 5.11 Å². The summed E-state index contributed by atoms with van der Waals surface area (Å²) in [5.41, 5.74) is 2.17. The molecular formula is C21H27N3O3S. The molecule has 0 aliphatic carbocycles. The average Bonchev–Trinajstić information content (AvgIpc) is 2.77. The van der Waals surface area contributed by atoms with Crippen LogP contribution in [-0.2, 0) is 6.54 Å². The zero-order valence-electron chi connectivity index (χ0n) is 16.6. The Morgan fingerprint density at radius 3 is 2.32 bits per heavy atom. The summed E-state index contributed by atoms with van der Waals surface area (Å²) >= 11 is 5.60. The summed E-state index contributed by atoms with van der Waals surface area (Å²) in [6.07, 6.45) is 0. The van der Waals surface area contributed by atoms with Crippen molar-refractivity contribution in [1.82, 2.24) is 10.2 Å². The minimum atomic E-state index is 0.648. The summed E-state index contributed by atoms with van der Waals surface area (Å²) in [4.78, 5) is 4.52. The fraction of sp³-hybridized carbons (Fsp3) is 0.381. The number of hydrogen-bond acceptors (Lipinski definition) is 5. The first-order valence-electron chi connectivity index (χ1n) is 9.28. The normalized spacial score (nSPS) is 13.8. The summed E-state index contributed by atoms with van der Waals surface area (Å²) in [5.74, 6) is 2.49. The van der Waals surface area contributed by atoms with Gasteiger partial charge in [-0.15, -0.1) is 0 Å². The maximum absolute atomic E-state index is 5.60. The first-order chi connectivity index (χ1) is 13.7. The van der Waals surface area contributed by atoms with Crippen LogP contribution < -0.4 is 24.4 Å². The second-order valence-corrected chi connectivity index (χ2v) is 6.87. The first-order valence-corrected chi connectivity index (χ1v) is 9.68. The Balaban J connectivity index is 1.56. The van der Waals surface area contributed by atoms with E-state index in [4.69, 9.17) is 26.4 Å². The summed E-state index contributed by atoms with van der Waals surface area (Å²) in [7, 11) is 5.03. The van der Waals surface area contributed by atoms with E-state index in [2.05, 4.69) is 15.1 Å². The predicted octanol–water partition coefficient (Wildman–Crippen LogP) is 2.91. The van der Waals surface area contributed by atoms with Crippen molar-refractivity contribution in [2.24, 2.45) is 0 Å². The number of ether oxygens (including phenoxy) is 3. The third-order valence-corrected chi connectivity index (χ3v) is 5.32. The Morgan fingerprint density at radius 1 is 0.929 bits per heavy atom. The quantitative estimate of drug-likeness (QED) is 0.747. The molecule has 0 saturated carbocycles. The highest BCUT2D eigenvalue weighted by molar-refractivity contribution is 7.80. The maximum atomic E-state index is 5.60. The van der Waals surface area contributed by atoms with Crippen LogP contribution in [0.4, 0.5) is 5.69 Å². The van der Waals surface area contributed by atoms with Crippen LogP contribution in [0.1, 0.15) is 5.56 Å². The van der Waals surface area contributed by atoms with Gasteiger partial charge >= 0.3 is 0 Å². The van der Waals surface area contributed by atoms with Crippen molar-refractivity contribution in [2.75, 3.05) is 52.4 Å². The van der Waals surface area contributed by atoms with E-state index in [9.17, 15) is 0 Å². The van der Waals surface area contributed by atoms with Crippen molar-refractivity contribution >= 4 is 23.0 Å². The molecular weight excluding hydrogens is 374 g/mol. The molecule has 28 heavy (non-hydrogen) atoms. The van der Waals surface area contributed by atoms with E-state index in [1.54, 1.807) is 21.3 Å². The van der Waals surface area contributed by atoms with Crippen molar-refractivity contribution in [2.45, 2.75) is 6.54 Å². The Morgan fingerprint density at radius 2 is 1.64 bits per heavy atom. The fourth-order valence-corrected chi connectivity index (χ4v) is 3.58. The lowest BCUT2D eigenvalue weighted by molar-refractivity contribution is 0.370. The number of nitrogens with one attached hydrogen (secondary N) is 1. The molecule has 1 N–H and O–H groups in total. The van der Waals surface area contributed by atoms with E-state index in [0.717, 1.165) is 59.8 Å². The molecule has 150 valence electrons. The number of piperazine rings is 1. The Kier molecular flexibility index (Phi) is 6.81. The van der Waals surface area contributed by atoms with E-state index in [-0.39, 0.29) is 0 Å². The van der Waals surface area contributed by atoms with Gasteiger partial charge in [-0.05, 0) is 30.4 Å². The van der Waals surface area contributed by atoms with Crippen LogP contribution >= 0.6 is 12.2 Å². The number of anilines is 1. The van der Waals surface area contributed by atoms with Gasteiger partial charge in [0.1, 0.15) is 17.2 Å². The predicted molar refractivity (Wildman–Crippen MR) is 116 cm³/mol. The average molecular weight is 402 g/mol. The molecule has 0 atom stereocenters. The fourth-order valence-electron chi connectivity index (χ4n) is 3.33. The van der Waals surface area contributed by atoms with Gasteiger partial charge in [-0.25, -0.2) is 0 Å². The van der Waals surface area contributed by atoms with E-state index < -0.39 is 0 Å². The molecule has 0 radical (unpaired) electrons. The Bertz CT molecular complexity index is 807. The van der Waals surface area contributed by atoms with Crippen molar-refractivity contribution in [3.05, 3.63) is 48.0 Å². The molecule has 1 saturated heterocycles. The number of hydrogen-bond donors (Lipinski definition) is 1. The second kappa shape index (κ2) is 9.50.